The van der Waals surface area contributed by atoms with Gasteiger partial charge < -0.3 is 15.4 Å². The third-order valence-corrected chi connectivity index (χ3v) is 5.42. The van der Waals surface area contributed by atoms with Crippen molar-refractivity contribution in [2.45, 2.75) is 51.1 Å². The second kappa shape index (κ2) is 6.14. The molecule has 0 unspecified atom stereocenters. The van der Waals surface area contributed by atoms with Crippen molar-refractivity contribution in [2.75, 3.05) is 19.0 Å². The average molecular weight is 294 g/mol. The van der Waals surface area contributed by atoms with Crippen LogP contribution in [0.1, 0.15) is 52.9 Å². The first kappa shape index (κ1) is 13.9. The number of rotatable bonds is 3. The van der Waals surface area contributed by atoms with Crippen molar-refractivity contribution in [3.05, 3.63) is 16.0 Å². The van der Waals surface area contributed by atoms with E-state index >= 15 is 0 Å². The first-order valence-electron chi connectivity index (χ1n) is 7.49. The minimum absolute atomic E-state index is 0.192. The fourth-order valence-corrected chi connectivity index (χ4v) is 4.47. The van der Waals surface area contributed by atoms with Crippen molar-refractivity contribution >= 4 is 22.3 Å². The zero-order valence-electron chi connectivity index (χ0n) is 12.0. The lowest BCUT2D eigenvalue weighted by atomic mass is 9.95. The average Bonchev–Trinajstić information content (AvgIpc) is 2.85. The number of hydrogen-bond acceptors (Lipinski definition) is 5. The summed E-state index contributed by atoms with van der Waals surface area (Å²) >= 11 is 1.72. The van der Waals surface area contributed by atoms with Crippen LogP contribution in [0.4, 0.5) is 5.00 Å². The largest absolute Gasteiger partial charge is 0.465 e. The molecule has 1 saturated carbocycles. The van der Waals surface area contributed by atoms with Gasteiger partial charge in [0.05, 0.1) is 12.7 Å². The smallest absolute Gasteiger partial charge is 0.341 e. The minimum atomic E-state index is -0.192. The minimum Gasteiger partial charge on any atom is -0.465 e. The molecule has 1 aromatic heterocycles. The molecule has 2 heterocycles. The summed E-state index contributed by atoms with van der Waals surface area (Å²) in [4.78, 5) is 13.4. The molecular formula is C15H22N2O2S. The summed E-state index contributed by atoms with van der Waals surface area (Å²) in [5.41, 5.74) is 1.98. The van der Waals surface area contributed by atoms with Crippen LogP contribution in [0.15, 0.2) is 0 Å². The Balaban J connectivity index is 1.88. The first-order valence-corrected chi connectivity index (χ1v) is 8.31. The highest BCUT2D eigenvalue weighted by molar-refractivity contribution is 7.16. The second-order valence-electron chi connectivity index (χ2n) is 5.61. The normalized spacial score (nSPS) is 19.4. The highest BCUT2D eigenvalue weighted by Gasteiger charge is 2.27. The lowest BCUT2D eigenvalue weighted by Gasteiger charge is -2.23. The molecule has 1 aliphatic carbocycles. The fourth-order valence-electron chi connectivity index (χ4n) is 3.19. The van der Waals surface area contributed by atoms with Crippen molar-refractivity contribution in [2.24, 2.45) is 0 Å². The monoisotopic (exact) mass is 294 g/mol. The Labute approximate surface area is 123 Å². The number of hydrogen-bond donors (Lipinski definition) is 2. The summed E-state index contributed by atoms with van der Waals surface area (Å²) in [5.74, 6) is -0.192. The maximum absolute atomic E-state index is 12.1. The Morgan fingerprint density at radius 3 is 2.90 bits per heavy atom. The molecule has 0 aromatic carbocycles. The van der Waals surface area contributed by atoms with Crippen molar-refractivity contribution in [3.8, 4) is 0 Å². The number of ether oxygens (including phenoxy) is 1. The quantitative estimate of drug-likeness (QED) is 0.842. The van der Waals surface area contributed by atoms with Gasteiger partial charge in [0.2, 0.25) is 0 Å². The lowest BCUT2D eigenvalue weighted by Crippen LogP contribution is -2.24. The molecule has 0 bridgehead atoms. The van der Waals surface area contributed by atoms with Gasteiger partial charge in [0.15, 0.2) is 0 Å². The van der Waals surface area contributed by atoms with E-state index in [0.29, 0.717) is 6.04 Å². The van der Waals surface area contributed by atoms with Crippen LogP contribution in [0.5, 0.6) is 0 Å². The van der Waals surface area contributed by atoms with Crippen LogP contribution in [0, 0.1) is 0 Å². The van der Waals surface area contributed by atoms with Crippen LogP contribution in [-0.4, -0.2) is 25.7 Å². The number of nitrogens with one attached hydrogen (secondary N) is 2. The Morgan fingerprint density at radius 2 is 2.15 bits per heavy atom. The number of methoxy groups -OCH3 is 1. The molecule has 1 fully saturated rings. The standard InChI is InChI=1S/C15H22N2O2S/c1-19-15(18)13-11-7-8-16-9-12(11)20-14(13)17-10-5-3-2-4-6-10/h10,16-17H,2-9H2,1H3. The van der Waals surface area contributed by atoms with Gasteiger partial charge in [-0.05, 0) is 31.4 Å². The molecular weight excluding hydrogens is 272 g/mol. The van der Waals surface area contributed by atoms with Crippen LogP contribution in [0.2, 0.25) is 0 Å². The molecule has 0 atom stereocenters. The first-order chi connectivity index (χ1) is 9.79. The van der Waals surface area contributed by atoms with Gasteiger partial charge in [-0.2, -0.15) is 0 Å². The molecule has 110 valence electrons. The van der Waals surface area contributed by atoms with Crippen molar-refractivity contribution in [1.82, 2.24) is 5.32 Å². The van der Waals surface area contributed by atoms with Gasteiger partial charge in [-0.1, -0.05) is 19.3 Å². The molecule has 0 radical (unpaired) electrons. The van der Waals surface area contributed by atoms with Gasteiger partial charge in [-0.25, -0.2) is 4.79 Å². The SMILES string of the molecule is COC(=O)c1c(NC2CCCCC2)sc2c1CCNC2. The van der Waals surface area contributed by atoms with Crippen LogP contribution in [0.25, 0.3) is 0 Å². The zero-order valence-corrected chi connectivity index (χ0v) is 12.8. The maximum Gasteiger partial charge on any atom is 0.341 e. The van der Waals surface area contributed by atoms with Crippen LogP contribution >= 0.6 is 11.3 Å². The van der Waals surface area contributed by atoms with Crippen molar-refractivity contribution in [1.29, 1.82) is 0 Å². The molecule has 0 amide bonds. The molecule has 2 aliphatic rings. The molecule has 5 heteroatoms. The number of carbonyl (C=O) groups excluding carboxylic acids is 1. The molecule has 1 aliphatic heterocycles. The van der Waals surface area contributed by atoms with E-state index in [2.05, 4.69) is 10.6 Å². The zero-order chi connectivity index (χ0) is 13.9. The summed E-state index contributed by atoms with van der Waals surface area (Å²) in [7, 11) is 1.47. The highest BCUT2D eigenvalue weighted by atomic mass is 32.1. The van der Waals surface area contributed by atoms with E-state index in [4.69, 9.17) is 4.74 Å². The van der Waals surface area contributed by atoms with Gasteiger partial charge in [0.1, 0.15) is 5.00 Å². The lowest BCUT2D eigenvalue weighted by molar-refractivity contribution is 0.0601. The van der Waals surface area contributed by atoms with Crippen LogP contribution in [-0.2, 0) is 17.7 Å². The third kappa shape index (κ3) is 2.69. The summed E-state index contributed by atoms with van der Waals surface area (Å²) in [6.07, 6.45) is 7.26. The molecule has 4 nitrogen and oxygen atoms in total. The topological polar surface area (TPSA) is 50.4 Å². The Kier molecular flexibility index (Phi) is 4.27. The molecule has 2 N–H and O–H groups in total. The number of anilines is 1. The number of fused-ring (bicyclic) bond motifs is 1. The molecule has 1 aromatic rings. The van der Waals surface area contributed by atoms with Gasteiger partial charge >= 0.3 is 5.97 Å². The van der Waals surface area contributed by atoms with Crippen molar-refractivity contribution in [3.63, 3.8) is 0 Å². The van der Waals surface area contributed by atoms with E-state index in [-0.39, 0.29) is 5.97 Å². The van der Waals surface area contributed by atoms with E-state index in [0.717, 1.165) is 30.1 Å². The second-order valence-corrected chi connectivity index (χ2v) is 6.71. The van der Waals surface area contributed by atoms with E-state index in [1.54, 1.807) is 11.3 Å². The number of thiophene rings is 1. The third-order valence-electron chi connectivity index (χ3n) is 4.26. The van der Waals surface area contributed by atoms with Gasteiger partial charge in [-0.3, -0.25) is 0 Å². The van der Waals surface area contributed by atoms with Crippen molar-refractivity contribution < 1.29 is 9.53 Å². The van der Waals surface area contributed by atoms with Gasteiger partial charge in [-0.15, -0.1) is 11.3 Å². The Hall–Kier alpha value is -1.07. The van der Waals surface area contributed by atoms with Crippen LogP contribution < -0.4 is 10.6 Å². The Morgan fingerprint density at radius 1 is 1.35 bits per heavy atom. The molecule has 3 rings (SSSR count). The van der Waals surface area contributed by atoms with E-state index in [9.17, 15) is 4.79 Å². The maximum atomic E-state index is 12.1. The summed E-state index contributed by atoms with van der Waals surface area (Å²) < 4.78 is 5.00. The molecule has 20 heavy (non-hydrogen) atoms. The molecule has 0 saturated heterocycles. The van der Waals surface area contributed by atoms with E-state index in [1.807, 2.05) is 0 Å². The summed E-state index contributed by atoms with van der Waals surface area (Å²) in [6.45, 7) is 1.81. The summed E-state index contributed by atoms with van der Waals surface area (Å²) in [5, 5.41) is 8.01. The number of carbonyl (C=O) groups is 1. The highest BCUT2D eigenvalue weighted by Crippen LogP contribution is 2.37. The fraction of sp³-hybridized carbons (Fsp3) is 0.667. The molecule has 0 spiro atoms. The predicted octanol–water partition coefficient (Wildman–Crippen LogP) is 2.93. The number of esters is 1. The van der Waals surface area contributed by atoms with Crippen LogP contribution in [0.3, 0.4) is 0 Å². The summed E-state index contributed by atoms with van der Waals surface area (Å²) in [6, 6.07) is 0.514. The predicted molar refractivity (Wildman–Crippen MR) is 81.6 cm³/mol. The Bertz CT molecular complexity index is 492. The van der Waals surface area contributed by atoms with E-state index < -0.39 is 0 Å². The van der Waals surface area contributed by atoms with Gasteiger partial charge in [0.25, 0.3) is 0 Å². The van der Waals surface area contributed by atoms with Gasteiger partial charge in [0, 0.05) is 17.5 Å². The van der Waals surface area contributed by atoms with E-state index in [1.165, 1.54) is 49.7 Å².